The molecule has 1 N–H and O–H groups in total. The lowest BCUT2D eigenvalue weighted by Gasteiger charge is -2.37. The highest BCUT2D eigenvalue weighted by Crippen LogP contribution is 2.30. The highest BCUT2D eigenvalue weighted by atomic mass is 32.2. The minimum Gasteiger partial charge on any atom is -0.352 e. The van der Waals surface area contributed by atoms with Crippen LogP contribution in [0.15, 0.2) is 18.5 Å². The minimum atomic E-state index is -3.29. The number of nitriles is 1. The Bertz CT molecular complexity index is 941. The van der Waals surface area contributed by atoms with Crippen LogP contribution in [-0.2, 0) is 10.0 Å². The van der Waals surface area contributed by atoms with Crippen molar-refractivity contribution in [2.75, 3.05) is 24.2 Å². The monoisotopic (exact) mass is 363 g/mol. The van der Waals surface area contributed by atoms with E-state index >= 15 is 0 Å². The van der Waals surface area contributed by atoms with Gasteiger partial charge in [0.15, 0.2) is 0 Å². The van der Waals surface area contributed by atoms with E-state index in [0.717, 1.165) is 25.5 Å². The van der Waals surface area contributed by atoms with Crippen molar-refractivity contribution >= 4 is 26.7 Å². The van der Waals surface area contributed by atoms with Crippen molar-refractivity contribution in [3.63, 3.8) is 0 Å². The number of nitrogens with zero attached hydrogens (tertiary/aromatic N) is 4. The Balaban J connectivity index is 2.01. The molecule has 1 aliphatic heterocycles. The van der Waals surface area contributed by atoms with Crippen LogP contribution in [0.2, 0.25) is 0 Å². The van der Waals surface area contributed by atoms with E-state index in [1.54, 1.807) is 6.07 Å². The highest BCUT2D eigenvalue weighted by molar-refractivity contribution is 7.88. The normalized spacial score (nSPS) is 18.3. The summed E-state index contributed by atoms with van der Waals surface area (Å²) < 4.78 is 39.4. The van der Waals surface area contributed by atoms with E-state index in [9.17, 15) is 12.8 Å². The fourth-order valence-electron chi connectivity index (χ4n) is 3.12. The number of rotatable bonds is 4. The fraction of sp³-hybridized carbons (Fsp3) is 0.438. The second-order valence-corrected chi connectivity index (χ2v) is 7.95. The van der Waals surface area contributed by atoms with Crippen LogP contribution >= 0.6 is 0 Å². The number of anilines is 1. The molecule has 132 valence electrons. The number of piperidine rings is 1. The van der Waals surface area contributed by atoms with Crippen molar-refractivity contribution in [2.24, 2.45) is 0 Å². The number of sulfonamides is 1. The van der Waals surface area contributed by atoms with Gasteiger partial charge in [-0.25, -0.2) is 27.5 Å². The first-order valence-electron chi connectivity index (χ1n) is 7.94. The molecule has 0 bridgehead atoms. The van der Waals surface area contributed by atoms with Gasteiger partial charge in [-0.05, 0) is 31.4 Å². The van der Waals surface area contributed by atoms with Gasteiger partial charge in [0.2, 0.25) is 10.0 Å². The predicted octanol–water partition coefficient (Wildman–Crippen LogP) is 1.55. The largest absolute Gasteiger partial charge is 0.352 e. The first-order chi connectivity index (χ1) is 11.9. The van der Waals surface area contributed by atoms with Gasteiger partial charge in [0, 0.05) is 24.5 Å². The smallest absolute Gasteiger partial charge is 0.208 e. The zero-order chi connectivity index (χ0) is 18.0. The van der Waals surface area contributed by atoms with Crippen molar-refractivity contribution in [2.45, 2.75) is 25.3 Å². The molecule has 0 amide bonds. The maximum absolute atomic E-state index is 14.1. The third-order valence-corrected chi connectivity index (χ3v) is 4.99. The lowest BCUT2D eigenvalue weighted by atomic mass is 10.0. The van der Waals surface area contributed by atoms with Crippen LogP contribution in [0.5, 0.6) is 0 Å². The molecule has 1 atom stereocenters. The number of benzene rings is 1. The van der Waals surface area contributed by atoms with Crippen LogP contribution in [0, 0.1) is 17.1 Å². The Morgan fingerprint density at radius 3 is 2.92 bits per heavy atom. The maximum atomic E-state index is 14.1. The van der Waals surface area contributed by atoms with Gasteiger partial charge in [0.1, 0.15) is 24.0 Å². The molecule has 2 heterocycles. The zero-order valence-corrected chi connectivity index (χ0v) is 14.6. The SMILES string of the molecule is CS(=O)(=O)NCC1CCCCN1c1ncnc2cc(C#N)c(F)cc12. The number of fused-ring (bicyclic) bond motifs is 1. The Labute approximate surface area is 145 Å². The summed E-state index contributed by atoms with van der Waals surface area (Å²) in [5.74, 6) is -0.0535. The Kier molecular flexibility index (Phi) is 4.83. The molecule has 0 spiro atoms. The summed E-state index contributed by atoms with van der Waals surface area (Å²) in [6.45, 7) is 0.965. The summed E-state index contributed by atoms with van der Waals surface area (Å²) in [6.07, 6.45) is 5.25. The molecule has 1 aliphatic rings. The van der Waals surface area contributed by atoms with Crippen molar-refractivity contribution in [3.8, 4) is 6.07 Å². The van der Waals surface area contributed by atoms with E-state index in [-0.39, 0.29) is 18.2 Å². The topological polar surface area (TPSA) is 99.0 Å². The highest BCUT2D eigenvalue weighted by Gasteiger charge is 2.26. The van der Waals surface area contributed by atoms with E-state index < -0.39 is 15.8 Å². The minimum absolute atomic E-state index is 0.0638. The standard InChI is InChI=1S/C16H18FN5O2S/c1-25(23,24)21-9-12-4-2-3-5-22(12)16-13-7-14(17)11(8-18)6-15(13)19-10-20-16/h6-7,10,12,21H,2-5,9H2,1H3. The molecule has 0 saturated carbocycles. The van der Waals surface area contributed by atoms with Crippen LogP contribution in [0.3, 0.4) is 0 Å². The van der Waals surface area contributed by atoms with E-state index in [2.05, 4.69) is 14.7 Å². The third-order valence-electron chi connectivity index (χ3n) is 4.30. The lowest BCUT2D eigenvalue weighted by molar-refractivity contribution is 0.451. The summed E-state index contributed by atoms with van der Waals surface area (Å²) in [7, 11) is -3.29. The molecule has 1 saturated heterocycles. The van der Waals surface area contributed by atoms with Crippen LogP contribution in [0.4, 0.5) is 10.2 Å². The average molecular weight is 363 g/mol. The molecule has 0 aliphatic carbocycles. The van der Waals surface area contributed by atoms with Crippen LogP contribution < -0.4 is 9.62 Å². The Hall–Kier alpha value is -2.31. The molecular weight excluding hydrogens is 345 g/mol. The first kappa shape index (κ1) is 17.5. The number of hydrogen-bond donors (Lipinski definition) is 1. The van der Waals surface area contributed by atoms with Gasteiger partial charge in [-0.2, -0.15) is 5.26 Å². The summed E-state index contributed by atoms with van der Waals surface area (Å²) in [5.41, 5.74) is 0.425. The summed E-state index contributed by atoms with van der Waals surface area (Å²) in [5, 5.41) is 9.49. The molecule has 1 unspecified atom stereocenters. The molecule has 1 aromatic heterocycles. The molecule has 3 rings (SSSR count). The molecule has 7 nitrogen and oxygen atoms in total. The van der Waals surface area contributed by atoms with Gasteiger partial charge >= 0.3 is 0 Å². The second kappa shape index (κ2) is 6.90. The van der Waals surface area contributed by atoms with Crippen molar-refractivity contribution in [1.29, 1.82) is 5.26 Å². The summed E-state index contributed by atoms with van der Waals surface area (Å²) >= 11 is 0. The number of hydrogen-bond acceptors (Lipinski definition) is 6. The average Bonchev–Trinajstić information content (AvgIpc) is 2.58. The maximum Gasteiger partial charge on any atom is 0.208 e. The first-order valence-corrected chi connectivity index (χ1v) is 9.84. The molecule has 0 radical (unpaired) electrons. The van der Waals surface area contributed by atoms with Crippen LogP contribution in [-0.4, -0.2) is 43.8 Å². The second-order valence-electron chi connectivity index (χ2n) is 6.12. The summed E-state index contributed by atoms with van der Waals surface area (Å²) in [4.78, 5) is 10.4. The Morgan fingerprint density at radius 2 is 2.20 bits per heavy atom. The zero-order valence-electron chi connectivity index (χ0n) is 13.7. The summed E-state index contributed by atoms with van der Waals surface area (Å²) in [6, 6.07) is 4.42. The predicted molar refractivity (Wildman–Crippen MR) is 92.0 cm³/mol. The molecule has 1 aromatic carbocycles. The molecular formula is C16H18FN5O2S. The van der Waals surface area contributed by atoms with Gasteiger partial charge in [0.25, 0.3) is 0 Å². The number of halogens is 1. The molecule has 2 aromatic rings. The van der Waals surface area contributed by atoms with Gasteiger partial charge in [-0.3, -0.25) is 0 Å². The lowest BCUT2D eigenvalue weighted by Crippen LogP contribution is -2.47. The van der Waals surface area contributed by atoms with Crippen LogP contribution in [0.25, 0.3) is 10.9 Å². The van der Waals surface area contributed by atoms with Crippen molar-refractivity contribution in [1.82, 2.24) is 14.7 Å². The third kappa shape index (κ3) is 3.86. The van der Waals surface area contributed by atoms with Gasteiger partial charge < -0.3 is 4.90 Å². The number of nitrogens with one attached hydrogen (secondary N) is 1. The fourth-order valence-corrected chi connectivity index (χ4v) is 3.61. The van der Waals surface area contributed by atoms with Crippen molar-refractivity contribution < 1.29 is 12.8 Å². The number of aromatic nitrogens is 2. The van der Waals surface area contributed by atoms with E-state index in [1.165, 1.54) is 18.5 Å². The van der Waals surface area contributed by atoms with Crippen LogP contribution in [0.1, 0.15) is 24.8 Å². The van der Waals surface area contributed by atoms with Gasteiger partial charge in [-0.1, -0.05) is 0 Å². The molecule has 9 heteroatoms. The van der Waals surface area contributed by atoms with Gasteiger partial charge in [-0.15, -0.1) is 0 Å². The van der Waals surface area contributed by atoms with Crippen molar-refractivity contribution in [3.05, 3.63) is 29.8 Å². The molecule has 1 fully saturated rings. The van der Waals surface area contributed by atoms with Gasteiger partial charge in [0.05, 0.1) is 17.3 Å². The van der Waals surface area contributed by atoms with E-state index in [4.69, 9.17) is 5.26 Å². The van der Waals surface area contributed by atoms with E-state index in [1.807, 2.05) is 4.90 Å². The molecule has 25 heavy (non-hydrogen) atoms. The Morgan fingerprint density at radius 1 is 1.40 bits per heavy atom. The van der Waals surface area contributed by atoms with E-state index in [0.29, 0.717) is 23.3 Å². The quantitative estimate of drug-likeness (QED) is 0.885.